The van der Waals surface area contributed by atoms with E-state index in [2.05, 4.69) is 19.1 Å². The second-order valence-corrected chi connectivity index (χ2v) is 5.16. The molecule has 94 valence electrons. The van der Waals surface area contributed by atoms with Gasteiger partial charge < -0.3 is 5.11 Å². The van der Waals surface area contributed by atoms with Gasteiger partial charge in [-0.05, 0) is 30.4 Å². The summed E-state index contributed by atoms with van der Waals surface area (Å²) < 4.78 is 0. The molecule has 0 saturated heterocycles. The Kier molecular flexibility index (Phi) is 3.83. The summed E-state index contributed by atoms with van der Waals surface area (Å²) in [4.78, 5) is 0. The van der Waals surface area contributed by atoms with Crippen LogP contribution in [0.5, 0.6) is 0 Å². The maximum atomic E-state index is 10.6. The van der Waals surface area contributed by atoms with Crippen molar-refractivity contribution in [2.45, 2.75) is 31.8 Å². The van der Waals surface area contributed by atoms with Crippen LogP contribution in [-0.4, -0.2) is 5.11 Å². The molecule has 18 heavy (non-hydrogen) atoms. The maximum Gasteiger partial charge on any atom is 0.0874 e. The third-order valence-corrected chi connectivity index (χ3v) is 3.47. The second kappa shape index (κ2) is 5.36. The Hall–Kier alpha value is -1.60. The molecule has 0 unspecified atom stereocenters. The molecule has 0 heterocycles. The topological polar surface area (TPSA) is 20.2 Å². The molecule has 0 aliphatic carbocycles. The minimum Gasteiger partial charge on any atom is -0.385 e. The largest absolute Gasteiger partial charge is 0.385 e. The van der Waals surface area contributed by atoms with Crippen LogP contribution >= 0.6 is 0 Å². The Morgan fingerprint density at radius 3 is 2.00 bits per heavy atom. The molecule has 0 bridgehead atoms. The molecule has 2 rings (SSSR count). The molecule has 2 aromatic carbocycles. The zero-order chi connectivity index (χ0) is 13.0. The number of hydrogen-bond acceptors (Lipinski definition) is 1. The molecule has 2 atom stereocenters. The van der Waals surface area contributed by atoms with Gasteiger partial charge in [0.1, 0.15) is 0 Å². The predicted octanol–water partition coefficient (Wildman–Crippen LogP) is 4.09. The first-order chi connectivity index (χ1) is 8.59. The fourth-order valence-electron chi connectivity index (χ4n) is 2.41. The third-order valence-electron chi connectivity index (χ3n) is 3.47. The summed E-state index contributed by atoms with van der Waals surface area (Å²) in [5.41, 5.74) is 1.47. The van der Waals surface area contributed by atoms with Gasteiger partial charge in [0.25, 0.3) is 0 Å². The highest BCUT2D eigenvalue weighted by molar-refractivity contribution is 5.24. The Labute approximate surface area is 109 Å². The van der Waals surface area contributed by atoms with Crippen LogP contribution in [-0.2, 0) is 5.60 Å². The molecule has 0 spiro atoms. The molecule has 0 fully saturated rings. The second-order valence-electron chi connectivity index (χ2n) is 5.16. The van der Waals surface area contributed by atoms with E-state index in [1.165, 1.54) is 5.56 Å². The van der Waals surface area contributed by atoms with Gasteiger partial charge in [-0.25, -0.2) is 0 Å². The van der Waals surface area contributed by atoms with E-state index >= 15 is 0 Å². The highest BCUT2D eigenvalue weighted by atomic mass is 16.3. The lowest BCUT2D eigenvalue weighted by Crippen LogP contribution is -2.23. The smallest absolute Gasteiger partial charge is 0.0874 e. The van der Waals surface area contributed by atoms with Gasteiger partial charge in [-0.2, -0.15) is 0 Å². The van der Waals surface area contributed by atoms with E-state index in [1.807, 2.05) is 55.5 Å². The Morgan fingerprint density at radius 1 is 0.944 bits per heavy atom. The fraction of sp³-hybridized carbons (Fsp3) is 0.294. The SMILES string of the molecule is C[C@H](C[C@](C)(O)c1ccccc1)c1ccccc1. The van der Waals surface area contributed by atoms with Crippen LogP contribution in [0.4, 0.5) is 0 Å². The molecule has 0 aliphatic rings. The predicted molar refractivity (Wildman–Crippen MR) is 75.5 cm³/mol. The van der Waals surface area contributed by atoms with E-state index in [0.717, 1.165) is 12.0 Å². The number of rotatable bonds is 4. The zero-order valence-electron chi connectivity index (χ0n) is 11.0. The van der Waals surface area contributed by atoms with Gasteiger partial charge in [-0.1, -0.05) is 67.6 Å². The molecule has 0 radical (unpaired) electrons. The first-order valence-corrected chi connectivity index (χ1v) is 6.42. The molecule has 1 N–H and O–H groups in total. The Bertz CT molecular complexity index is 473. The average molecular weight is 240 g/mol. The molecule has 0 aliphatic heterocycles. The first kappa shape index (κ1) is 12.8. The average Bonchev–Trinajstić information content (AvgIpc) is 2.40. The van der Waals surface area contributed by atoms with Gasteiger partial charge in [0.2, 0.25) is 0 Å². The van der Waals surface area contributed by atoms with E-state index in [9.17, 15) is 5.11 Å². The number of hydrogen-bond donors (Lipinski definition) is 1. The van der Waals surface area contributed by atoms with E-state index in [-0.39, 0.29) is 0 Å². The van der Waals surface area contributed by atoms with Crippen LogP contribution in [0.3, 0.4) is 0 Å². The Balaban J connectivity index is 2.14. The van der Waals surface area contributed by atoms with Crippen molar-refractivity contribution in [1.82, 2.24) is 0 Å². The van der Waals surface area contributed by atoms with Crippen LogP contribution in [0, 0.1) is 0 Å². The highest BCUT2D eigenvalue weighted by Gasteiger charge is 2.25. The van der Waals surface area contributed by atoms with Crippen molar-refractivity contribution in [3.05, 3.63) is 71.8 Å². The molecule has 0 saturated carbocycles. The van der Waals surface area contributed by atoms with Crippen LogP contribution in [0.15, 0.2) is 60.7 Å². The summed E-state index contributed by atoms with van der Waals surface area (Å²) >= 11 is 0. The van der Waals surface area contributed by atoms with E-state index in [1.54, 1.807) is 0 Å². The fourth-order valence-corrected chi connectivity index (χ4v) is 2.41. The summed E-state index contributed by atoms with van der Waals surface area (Å²) in [7, 11) is 0. The zero-order valence-corrected chi connectivity index (χ0v) is 11.0. The van der Waals surface area contributed by atoms with Gasteiger partial charge in [0.05, 0.1) is 5.60 Å². The minimum absolute atomic E-state index is 0.335. The van der Waals surface area contributed by atoms with Crippen molar-refractivity contribution in [3.8, 4) is 0 Å². The van der Waals surface area contributed by atoms with Gasteiger partial charge in [0, 0.05) is 0 Å². The van der Waals surface area contributed by atoms with Crippen LogP contribution in [0.1, 0.15) is 37.3 Å². The quantitative estimate of drug-likeness (QED) is 0.853. The summed E-state index contributed by atoms with van der Waals surface area (Å²) in [6, 6.07) is 20.2. The lowest BCUT2D eigenvalue weighted by molar-refractivity contribution is 0.0415. The molecular weight excluding hydrogens is 220 g/mol. The van der Waals surface area contributed by atoms with Crippen LogP contribution < -0.4 is 0 Å². The maximum absolute atomic E-state index is 10.6. The number of benzene rings is 2. The van der Waals surface area contributed by atoms with Crippen molar-refractivity contribution < 1.29 is 5.11 Å². The third kappa shape index (κ3) is 2.99. The van der Waals surface area contributed by atoms with E-state index in [0.29, 0.717) is 5.92 Å². The molecule has 0 aromatic heterocycles. The van der Waals surface area contributed by atoms with Crippen LogP contribution in [0.25, 0.3) is 0 Å². The lowest BCUT2D eigenvalue weighted by Gasteiger charge is -2.27. The highest BCUT2D eigenvalue weighted by Crippen LogP contribution is 2.32. The van der Waals surface area contributed by atoms with Gasteiger partial charge in [0.15, 0.2) is 0 Å². The normalized spacial score (nSPS) is 15.9. The summed E-state index contributed by atoms with van der Waals surface area (Å²) in [6.45, 7) is 4.05. The number of aliphatic hydroxyl groups is 1. The van der Waals surface area contributed by atoms with Gasteiger partial charge in [-0.15, -0.1) is 0 Å². The Morgan fingerprint density at radius 2 is 1.44 bits per heavy atom. The van der Waals surface area contributed by atoms with E-state index in [4.69, 9.17) is 0 Å². The van der Waals surface area contributed by atoms with Crippen LogP contribution in [0.2, 0.25) is 0 Å². The minimum atomic E-state index is -0.781. The summed E-state index contributed by atoms with van der Waals surface area (Å²) in [5, 5.41) is 10.6. The van der Waals surface area contributed by atoms with Gasteiger partial charge in [-0.3, -0.25) is 0 Å². The first-order valence-electron chi connectivity index (χ1n) is 6.42. The van der Waals surface area contributed by atoms with Crippen molar-refractivity contribution in [2.24, 2.45) is 0 Å². The van der Waals surface area contributed by atoms with Crippen molar-refractivity contribution in [1.29, 1.82) is 0 Å². The van der Waals surface area contributed by atoms with Gasteiger partial charge >= 0.3 is 0 Å². The lowest BCUT2D eigenvalue weighted by atomic mass is 9.84. The molecule has 1 heteroatoms. The summed E-state index contributed by atoms with van der Waals surface area (Å²) in [5.74, 6) is 0.335. The standard InChI is InChI=1S/C17H20O/c1-14(15-9-5-3-6-10-15)13-17(2,18)16-11-7-4-8-12-16/h3-12,14,18H,13H2,1-2H3/t14-,17+/m1/s1. The summed E-state index contributed by atoms with van der Waals surface area (Å²) in [6.07, 6.45) is 0.723. The molecule has 2 aromatic rings. The van der Waals surface area contributed by atoms with Crippen molar-refractivity contribution in [3.63, 3.8) is 0 Å². The van der Waals surface area contributed by atoms with Crippen molar-refractivity contribution >= 4 is 0 Å². The van der Waals surface area contributed by atoms with Crippen molar-refractivity contribution in [2.75, 3.05) is 0 Å². The molecule has 1 nitrogen and oxygen atoms in total. The van der Waals surface area contributed by atoms with E-state index < -0.39 is 5.60 Å². The monoisotopic (exact) mass is 240 g/mol. The molecule has 0 amide bonds. The molecular formula is C17H20O.